The first-order valence-corrected chi connectivity index (χ1v) is 9.05. The molecule has 1 saturated heterocycles. The van der Waals surface area contributed by atoms with E-state index in [1.54, 1.807) is 11.8 Å². The van der Waals surface area contributed by atoms with E-state index in [1.807, 2.05) is 48.5 Å². The highest BCUT2D eigenvalue weighted by Gasteiger charge is 2.27. The summed E-state index contributed by atoms with van der Waals surface area (Å²) in [5.41, 5.74) is 1.15. The lowest BCUT2D eigenvalue weighted by Crippen LogP contribution is -2.52. The largest absolute Gasteiger partial charge is 0.481 e. The van der Waals surface area contributed by atoms with Crippen LogP contribution in [0.3, 0.4) is 0 Å². The Balaban J connectivity index is 1.89. The number of aryl methyl sites for hydroxylation is 1. The van der Waals surface area contributed by atoms with Crippen LogP contribution in [0, 0.1) is 18.4 Å². The van der Waals surface area contributed by atoms with E-state index < -0.39 is 6.10 Å². The first-order chi connectivity index (χ1) is 11.5. The van der Waals surface area contributed by atoms with Crippen LogP contribution in [0.4, 0.5) is 0 Å². The first kappa shape index (κ1) is 18.1. The molecule has 1 heterocycles. The molecule has 0 radical (unpaired) electrons. The van der Waals surface area contributed by atoms with Crippen LogP contribution in [-0.2, 0) is 4.79 Å². The van der Waals surface area contributed by atoms with E-state index >= 15 is 0 Å². The van der Waals surface area contributed by atoms with Crippen molar-refractivity contribution in [2.24, 2.45) is 4.99 Å². The molecular formula is C17H22N4O2S. The number of ether oxygens (including phenoxy) is 1. The molecule has 1 amide bonds. The minimum absolute atomic E-state index is 0.0156. The molecule has 128 valence electrons. The van der Waals surface area contributed by atoms with Crippen molar-refractivity contribution >= 4 is 22.8 Å². The highest BCUT2D eigenvalue weighted by molar-refractivity contribution is 8.13. The molecule has 1 fully saturated rings. The molecule has 0 aliphatic carbocycles. The fraction of sp³-hybridized carbons (Fsp3) is 0.471. The number of piperazine rings is 1. The van der Waals surface area contributed by atoms with Gasteiger partial charge in [0.1, 0.15) is 5.75 Å². The fourth-order valence-corrected chi connectivity index (χ4v) is 3.11. The highest BCUT2D eigenvalue weighted by atomic mass is 32.2. The number of carbonyl (C=O) groups excluding carboxylic acids is 1. The van der Waals surface area contributed by atoms with Crippen molar-refractivity contribution in [3.05, 3.63) is 29.8 Å². The van der Waals surface area contributed by atoms with Gasteiger partial charge in [0.2, 0.25) is 6.19 Å². The van der Waals surface area contributed by atoms with Gasteiger partial charge < -0.3 is 14.5 Å². The smallest absolute Gasteiger partial charge is 0.263 e. The van der Waals surface area contributed by atoms with Gasteiger partial charge in [-0.05, 0) is 32.2 Å². The second-order valence-electron chi connectivity index (χ2n) is 5.58. The minimum atomic E-state index is -0.521. The maximum Gasteiger partial charge on any atom is 0.263 e. The summed E-state index contributed by atoms with van der Waals surface area (Å²) in [4.78, 5) is 20.2. The molecule has 7 heteroatoms. The van der Waals surface area contributed by atoms with E-state index in [2.05, 4.69) is 4.99 Å². The number of benzene rings is 1. The number of rotatable bonds is 3. The third-order valence-corrected chi connectivity index (χ3v) is 4.59. The molecule has 0 aromatic heterocycles. The lowest BCUT2D eigenvalue weighted by atomic mass is 10.2. The molecule has 0 bridgehead atoms. The summed E-state index contributed by atoms with van der Waals surface area (Å²) in [7, 11) is 0. The number of hydrogen-bond donors (Lipinski definition) is 0. The van der Waals surface area contributed by atoms with Gasteiger partial charge in [0.25, 0.3) is 5.91 Å². The van der Waals surface area contributed by atoms with Crippen LogP contribution in [0.5, 0.6) is 5.75 Å². The molecule has 1 aliphatic rings. The van der Waals surface area contributed by atoms with Gasteiger partial charge in [-0.2, -0.15) is 5.26 Å². The minimum Gasteiger partial charge on any atom is -0.481 e. The third kappa shape index (κ3) is 4.65. The molecule has 1 atom stereocenters. The Morgan fingerprint density at radius 3 is 2.38 bits per heavy atom. The molecule has 0 spiro atoms. The second-order valence-corrected chi connectivity index (χ2v) is 6.36. The summed E-state index contributed by atoms with van der Waals surface area (Å²) >= 11 is 1.45. The quantitative estimate of drug-likeness (QED) is 0.476. The lowest BCUT2D eigenvalue weighted by Gasteiger charge is -2.36. The summed E-state index contributed by atoms with van der Waals surface area (Å²) in [6.45, 7) is 6.33. The predicted octanol–water partition coefficient (Wildman–Crippen LogP) is 2.11. The molecule has 1 aromatic rings. The highest BCUT2D eigenvalue weighted by Crippen LogP contribution is 2.16. The monoisotopic (exact) mass is 346 g/mol. The Bertz CT molecular complexity index is 631. The summed E-state index contributed by atoms with van der Waals surface area (Å²) in [6.07, 6.45) is 3.20. The van der Waals surface area contributed by atoms with Crippen LogP contribution in [0.25, 0.3) is 0 Å². The van der Waals surface area contributed by atoms with Gasteiger partial charge >= 0.3 is 0 Å². The summed E-state index contributed by atoms with van der Waals surface area (Å²) < 4.78 is 5.74. The van der Waals surface area contributed by atoms with E-state index in [9.17, 15) is 4.79 Å². The number of amides is 1. The van der Waals surface area contributed by atoms with Crippen LogP contribution >= 0.6 is 11.8 Å². The molecule has 1 aliphatic heterocycles. The normalized spacial score (nSPS) is 16.5. The van der Waals surface area contributed by atoms with Crippen molar-refractivity contribution in [1.29, 1.82) is 5.26 Å². The average molecular weight is 346 g/mol. The summed E-state index contributed by atoms with van der Waals surface area (Å²) in [5, 5.41) is 9.41. The van der Waals surface area contributed by atoms with Gasteiger partial charge in [-0.25, -0.2) is 0 Å². The molecular weight excluding hydrogens is 324 g/mol. The predicted molar refractivity (Wildman–Crippen MR) is 96.0 cm³/mol. The second kappa shape index (κ2) is 8.60. The van der Waals surface area contributed by atoms with Crippen LogP contribution < -0.4 is 4.74 Å². The van der Waals surface area contributed by atoms with E-state index in [0.29, 0.717) is 37.1 Å². The molecule has 6 nitrogen and oxygen atoms in total. The van der Waals surface area contributed by atoms with Crippen LogP contribution in [-0.4, -0.2) is 59.4 Å². The number of carbonyl (C=O) groups is 1. The molecule has 2 rings (SSSR count). The van der Waals surface area contributed by atoms with Crippen LogP contribution in [0.1, 0.15) is 12.5 Å². The van der Waals surface area contributed by atoms with Gasteiger partial charge in [-0.1, -0.05) is 29.5 Å². The topological polar surface area (TPSA) is 68.9 Å². The molecule has 1 aromatic carbocycles. The Kier molecular flexibility index (Phi) is 6.50. The average Bonchev–Trinajstić information content (AvgIpc) is 2.61. The van der Waals surface area contributed by atoms with Crippen molar-refractivity contribution in [2.75, 3.05) is 32.4 Å². The zero-order valence-electron chi connectivity index (χ0n) is 14.2. The maximum atomic E-state index is 12.5. The Hall–Kier alpha value is -2.20. The van der Waals surface area contributed by atoms with E-state index in [4.69, 9.17) is 10.00 Å². The molecule has 0 saturated carbocycles. The standard InChI is InChI=1S/C17H22N4O2S/c1-13-4-6-15(7-5-13)23-14(2)16(22)20-8-10-21(11-9-20)17(24-3)19-12-18/h4-7,14H,8-11H2,1-3H3. The Morgan fingerprint density at radius 1 is 1.25 bits per heavy atom. The van der Waals surface area contributed by atoms with E-state index in [1.165, 1.54) is 11.8 Å². The molecule has 24 heavy (non-hydrogen) atoms. The van der Waals surface area contributed by atoms with Crippen molar-refractivity contribution in [1.82, 2.24) is 9.80 Å². The number of amidine groups is 1. The third-order valence-electron chi connectivity index (χ3n) is 3.87. The fourth-order valence-electron chi connectivity index (χ4n) is 2.53. The number of nitriles is 1. The first-order valence-electron chi connectivity index (χ1n) is 7.83. The zero-order valence-corrected chi connectivity index (χ0v) is 15.0. The van der Waals surface area contributed by atoms with Crippen molar-refractivity contribution < 1.29 is 9.53 Å². The van der Waals surface area contributed by atoms with E-state index in [-0.39, 0.29) is 5.91 Å². The van der Waals surface area contributed by atoms with Gasteiger partial charge in [0.15, 0.2) is 11.3 Å². The van der Waals surface area contributed by atoms with Crippen molar-refractivity contribution in [2.45, 2.75) is 20.0 Å². The van der Waals surface area contributed by atoms with Gasteiger partial charge in [0, 0.05) is 26.2 Å². The number of hydrogen-bond acceptors (Lipinski definition) is 5. The van der Waals surface area contributed by atoms with Crippen LogP contribution in [0.2, 0.25) is 0 Å². The van der Waals surface area contributed by atoms with Gasteiger partial charge in [-0.15, -0.1) is 4.99 Å². The zero-order chi connectivity index (χ0) is 17.5. The SMILES string of the molecule is CSC(=NC#N)N1CCN(C(=O)C(C)Oc2ccc(C)cc2)CC1. The maximum absolute atomic E-state index is 12.5. The molecule has 1 unspecified atom stereocenters. The molecule has 0 N–H and O–H groups in total. The number of thioether (sulfide) groups is 1. The number of aliphatic imine (C=N–C) groups is 1. The summed E-state index contributed by atoms with van der Waals surface area (Å²) in [5.74, 6) is 0.684. The van der Waals surface area contributed by atoms with Crippen molar-refractivity contribution in [3.8, 4) is 11.9 Å². The van der Waals surface area contributed by atoms with Crippen LogP contribution in [0.15, 0.2) is 29.3 Å². The van der Waals surface area contributed by atoms with Gasteiger partial charge in [0.05, 0.1) is 0 Å². The summed E-state index contributed by atoms with van der Waals surface area (Å²) in [6, 6.07) is 7.67. The number of nitrogens with zero attached hydrogens (tertiary/aromatic N) is 4. The Labute approximate surface area is 147 Å². The van der Waals surface area contributed by atoms with Crippen molar-refractivity contribution in [3.63, 3.8) is 0 Å². The van der Waals surface area contributed by atoms with Gasteiger partial charge in [-0.3, -0.25) is 4.79 Å². The lowest BCUT2D eigenvalue weighted by molar-refractivity contribution is -0.139. The van der Waals surface area contributed by atoms with E-state index in [0.717, 1.165) is 5.56 Å². The Morgan fingerprint density at radius 2 is 1.83 bits per heavy atom.